The van der Waals surface area contributed by atoms with Crippen LogP contribution in [0.1, 0.15) is 6.42 Å². The Bertz CT molecular complexity index is 895. The molecule has 1 aliphatic rings. The maximum absolute atomic E-state index is 13.7. The minimum Gasteiger partial charge on any atom is -0.496 e. The molecule has 1 N–H and O–H groups in total. The molecule has 1 saturated heterocycles. The largest absolute Gasteiger partial charge is 0.496 e. The fourth-order valence-corrected chi connectivity index (χ4v) is 3.14. The van der Waals surface area contributed by atoms with Crippen LogP contribution in [-0.4, -0.2) is 45.8 Å². The van der Waals surface area contributed by atoms with E-state index in [1.807, 2.05) is 9.30 Å². The van der Waals surface area contributed by atoms with E-state index in [9.17, 15) is 9.50 Å². The van der Waals surface area contributed by atoms with E-state index in [-0.39, 0.29) is 11.9 Å². The van der Waals surface area contributed by atoms with E-state index in [1.54, 1.807) is 31.8 Å². The Morgan fingerprint density at radius 1 is 1.33 bits per heavy atom. The summed E-state index contributed by atoms with van der Waals surface area (Å²) in [7, 11) is 1.55. The molecule has 1 fully saturated rings. The number of aromatic nitrogens is 3. The van der Waals surface area contributed by atoms with Gasteiger partial charge in [-0.25, -0.2) is 14.4 Å². The van der Waals surface area contributed by atoms with Gasteiger partial charge < -0.3 is 14.7 Å². The summed E-state index contributed by atoms with van der Waals surface area (Å²) in [4.78, 5) is 10.9. The number of benzene rings is 1. The number of halogens is 1. The number of methoxy groups -OCH3 is 1. The zero-order valence-corrected chi connectivity index (χ0v) is 13.2. The first kappa shape index (κ1) is 14.9. The van der Waals surface area contributed by atoms with Crippen molar-refractivity contribution in [1.29, 1.82) is 0 Å². The summed E-state index contributed by atoms with van der Waals surface area (Å²) in [6, 6.07) is 4.40. The average molecular weight is 328 g/mol. The second kappa shape index (κ2) is 5.76. The third kappa shape index (κ3) is 2.37. The van der Waals surface area contributed by atoms with E-state index < -0.39 is 0 Å². The number of ether oxygens (including phenoxy) is 1. The maximum atomic E-state index is 13.7. The van der Waals surface area contributed by atoms with Crippen molar-refractivity contribution in [3.05, 3.63) is 42.6 Å². The summed E-state index contributed by atoms with van der Waals surface area (Å²) in [5.74, 6) is 0.960. The highest BCUT2D eigenvalue weighted by Crippen LogP contribution is 2.33. The average Bonchev–Trinajstić information content (AvgIpc) is 3.20. The van der Waals surface area contributed by atoms with E-state index in [0.29, 0.717) is 29.9 Å². The third-order valence-electron chi connectivity index (χ3n) is 4.31. The van der Waals surface area contributed by atoms with Crippen LogP contribution < -0.4 is 9.64 Å². The van der Waals surface area contributed by atoms with Crippen molar-refractivity contribution in [1.82, 2.24) is 14.4 Å². The van der Waals surface area contributed by atoms with Gasteiger partial charge in [-0.15, -0.1) is 0 Å². The number of hydrogen-bond donors (Lipinski definition) is 1. The molecule has 6 nitrogen and oxygen atoms in total. The minimum absolute atomic E-state index is 0.335. The molecule has 1 aliphatic heterocycles. The first-order chi connectivity index (χ1) is 11.7. The maximum Gasteiger partial charge on any atom is 0.180 e. The molecule has 0 saturated carbocycles. The van der Waals surface area contributed by atoms with Crippen molar-refractivity contribution < 1.29 is 14.2 Å². The van der Waals surface area contributed by atoms with Crippen LogP contribution in [0.25, 0.3) is 16.9 Å². The Labute approximate surface area is 138 Å². The van der Waals surface area contributed by atoms with Crippen LogP contribution in [0.2, 0.25) is 0 Å². The Balaban J connectivity index is 1.86. The molecule has 124 valence electrons. The van der Waals surface area contributed by atoms with E-state index in [2.05, 4.69) is 9.97 Å². The van der Waals surface area contributed by atoms with Gasteiger partial charge in [0.2, 0.25) is 0 Å². The highest BCUT2D eigenvalue weighted by molar-refractivity contribution is 5.74. The summed E-state index contributed by atoms with van der Waals surface area (Å²) < 4.78 is 20.9. The molecule has 0 spiro atoms. The number of aliphatic hydroxyl groups is 1. The van der Waals surface area contributed by atoms with Crippen LogP contribution in [0.5, 0.6) is 5.75 Å². The number of nitrogens with zero attached hydrogens (tertiary/aromatic N) is 4. The van der Waals surface area contributed by atoms with Gasteiger partial charge in [-0.1, -0.05) is 0 Å². The third-order valence-corrected chi connectivity index (χ3v) is 4.31. The number of anilines is 1. The van der Waals surface area contributed by atoms with E-state index in [1.165, 1.54) is 12.1 Å². The molecule has 7 heteroatoms. The lowest BCUT2D eigenvalue weighted by atomic mass is 10.1. The van der Waals surface area contributed by atoms with Crippen LogP contribution in [0.3, 0.4) is 0 Å². The molecule has 0 aliphatic carbocycles. The van der Waals surface area contributed by atoms with E-state index in [0.717, 1.165) is 18.1 Å². The summed E-state index contributed by atoms with van der Waals surface area (Å²) in [5.41, 5.74) is 2.03. The standard InChI is InChI=1S/C17H17FN4O2/c1-24-15-3-2-11(18)8-13(15)14-9-20-17-16(19-5-7-22(14)17)21-6-4-12(23)10-21/h2-3,5,7-9,12,23H,4,6,10H2,1H3. The highest BCUT2D eigenvalue weighted by Gasteiger charge is 2.24. The van der Waals surface area contributed by atoms with Gasteiger partial charge in [-0.05, 0) is 24.6 Å². The highest BCUT2D eigenvalue weighted by atomic mass is 19.1. The zero-order chi connectivity index (χ0) is 16.7. The van der Waals surface area contributed by atoms with Crippen LogP contribution in [-0.2, 0) is 0 Å². The van der Waals surface area contributed by atoms with Gasteiger partial charge in [0.05, 0.1) is 25.1 Å². The molecule has 0 bridgehead atoms. The minimum atomic E-state index is -0.343. The number of β-amino-alcohol motifs (C(OH)–C–C–N with tert-alkyl or cyclic N) is 1. The SMILES string of the molecule is COc1ccc(F)cc1-c1cnc2c(N3CCC(O)C3)nccn12. The molecule has 0 amide bonds. The molecule has 2 aromatic heterocycles. The predicted octanol–water partition coefficient (Wildman–Crippen LogP) is 2.11. The van der Waals surface area contributed by atoms with Gasteiger partial charge in [0.25, 0.3) is 0 Å². The Kier molecular flexibility index (Phi) is 3.57. The summed E-state index contributed by atoms with van der Waals surface area (Å²) in [5, 5.41) is 9.76. The summed E-state index contributed by atoms with van der Waals surface area (Å²) in [6.45, 7) is 1.28. The van der Waals surface area contributed by atoms with Crippen molar-refractivity contribution in [2.75, 3.05) is 25.1 Å². The number of hydrogen-bond acceptors (Lipinski definition) is 5. The fraction of sp³-hybridized carbons (Fsp3) is 0.294. The van der Waals surface area contributed by atoms with Crippen LogP contribution >= 0.6 is 0 Å². The van der Waals surface area contributed by atoms with Gasteiger partial charge >= 0.3 is 0 Å². The molecule has 1 atom stereocenters. The molecular formula is C17H17FN4O2. The van der Waals surface area contributed by atoms with Gasteiger partial charge in [0.1, 0.15) is 11.6 Å². The number of rotatable bonds is 3. The zero-order valence-electron chi connectivity index (χ0n) is 13.2. The second-order valence-corrected chi connectivity index (χ2v) is 5.82. The number of fused-ring (bicyclic) bond motifs is 1. The van der Waals surface area contributed by atoms with Gasteiger partial charge in [-0.3, -0.25) is 4.40 Å². The first-order valence-electron chi connectivity index (χ1n) is 7.76. The normalized spacial score (nSPS) is 17.6. The quantitative estimate of drug-likeness (QED) is 0.798. The van der Waals surface area contributed by atoms with Gasteiger partial charge in [0.15, 0.2) is 11.5 Å². The lowest BCUT2D eigenvalue weighted by molar-refractivity contribution is 0.198. The number of imidazole rings is 1. The van der Waals surface area contributed by atoms with Gasteiger partial charge in [0, 0.05) is 31.0 Å². The predicted molar refractivity (Wildman–Crippen MR) is 87.8 cm³/mol. The molecule has 3 aromatic rings. The molecule has 0 radical (unpaired) electrons. The molecule has 3 heterocycles. The lowest BCUT2D eigenvalue weighted by Crippen LogP contribution is -2.23. The fourth-order valence-electron chi connectivity index (χ4n) is 3.14. The van der Waals surface area contributed by atoms with Crippen molar-refractivity contribution in [3.63, 3.8) is 0 Å². The first-order valence-corrected chi connectivity index (χ1v) is 7.76. The molecular weight excluding hydrogens is 311 g/mol. The second-order valence-electron chi connectivity index (χ2n) is 5.82. The molecule has 1 aromatic carbocycles. The van der Waals surface area contributed by atoms with Crippen molar-refractivity contribution in [2.45, 2.75) is 12.5 Å². The van der Waals surface area contributed by atoms with Crippen molar-refractivity contribution >= 4 is 11.5 Å². The van der Waals surface area contributed by atoms with Crippen molar-refractivity contribution in [2.24, 2.45) is 0 Å². The van der Waals surface area contributed by atoms with Crippen LogP contribution in [0.15, 0.2) is 36.8 Å². The van der Waals surface area contributed by atoms with E-state index in [4.69, 9.17) is 4.74 Å². The topological polar surface area (TPSA) is 62.9 Å². The number of aliphatic hydroxyl groups excluding tert-OH is 1. The summed E-state index contributed by atoms with van der Waals surface area (Å²) >= 11 is 0. The summed E-state index contributed by atoms with van der Waals surface area (Å²) in [6.07, 6.45) is 5.53. The Hall–Kier alpha value is -2.67. The van der Waals surface area contributed by atoms with Crippen LogP contribution in [0, 0.1) is 5.82 Å². The monoisotopic (exact) mass is 328 g/mol. The van der Waals surface area contributed by atoms with Crippen LogP contribution in [0.4, 0.5) is 10.2 Å². The lowest BCUT2D eigenvalue weighted by Gasteiger charge is -2.17. The molecule has 4 rings (SSSR count). The Morgan fingerprint density at radius 3 is 2.96 bits per heavy atom. The molecule has 1 unspecified atom stereocenters. The Morgan fingerprint density at radius 2 is 2.21 bits per heavy atom. The molecule has 24 heavy (non-hydrogen) atoms. The van der Waals surface area contributed by atoms with Crippen molar-refractivity contribution in [3.8, 4) is 17.0 Å². The smallest absolute Gasteiger partial charge is 0.180 e. The van der Waals surface area contributed by atoms with Gasteiger partial charge in [-0.2, -0.15) is 0 Å². The van der Waals surface area contributed by atoms with E-state index >= 15 is 0 Å².